The zero-order chi connectivity index (χ0) is 15.5. The first-order valence-electron chi connectivity index (χ1n) is 6.50. The SMILES string of the molecule is O=C(c1cccc(F)c1)c1cnc(Nc2cccc(Br)c2)[nH]1. The third-order valence-electron chi connectivity index (χ3n) is 2.99. The van der Waals surface area contributed by atoms with Crippen molar-refractivity contribution in [1.29, 1.82) is 0 Å². The second-order valence-electron chi connectivity index (χ2n) is 4.62. The molecular formula is C16H11BrFN3O. The van der Waals surface area contributed by atoms with Crippen molar-refractivity contribution in [1.82, 2.24) is 9.97 Å². The van der Waals surface area contributed by atoms with Crippen LogP contribution in [0.15, 0.2) is 59.2 Å². The van der Waals surface area contributed by atoms with Crippen molar-refractivity contribution in [3.8, 4) is 0 Å². The Labute approximate surface area is 134 Å². The van der Waals surface area contributed by atoms with E-state index in [2.05, 4.69) is 31.2 Å². The molecule has 2 aromatic carbocycles. The van der Waals surface area contributed by atoms with Crippen LogP contribution >= 0.6 is 15.9 Å². The minimum Gasteiger partial charge on any atom is -0.326 e. The van der Waals surface area contributed by atoms with Crippen LogP contribution in [0.2, 0.25) is 0 Å². The van der Waals surface area contributed by atoms with Crippen molar-refractivity contribution >= 4 is 33.3 Å². The molecule has 0 radical (unpaired) electrons. The van der Waals surface area contributed by atoms with Crippen molar-refractivity contribution in [2.45, 2.75) is 0 Å². The van der Waals surface area contributed by atoms with Crippen LogP contribution < -0.4 is 5.32 Å². The normalized spacial score (nSPS) is 10.5. The van der Waals surface area contributed by atoms with Gasteiger partial charge in [-0.05, 0) is 30.3 Å². The van der Waals surface area contributed by atoms with Crippen LogP contribution in [0.3, 0.4) is 0 Å². The van der Waals surface area contributed by atoms with E-state index in [0.29, 0.717) is 11.6 Å². The number of rotatable bonds is 4. The van der Waals surface area contributed by atoms with Gasteiger partial charge in [0, 0.05) is 15.7 Å². The summed E-state index contributed by atoms with van der Waals surface area (Å²) in [6.07, 6.45) is 1.42. The van der Waals surface area contributed by atoms with Gasteiger partial charge >= 0.3 is 0 Å². The number of nitrogens with zero attached hydrogens (tertiary/aromatic N) is 1. The Morgan fingerprint density at radius 3 is 2.77 bits per heavy atom. The third kappa shape index (κ3) is 3.23. The van der Waals surface area contributed by atoms with E-state index in [1.165, 1.54) is 24.4 Å². The highest BCUT2D eigenvalue weighted by Crippen LogP contribution is 2.19. The average molecular weight is 360 g/mol. The van der Waals surface area contributed by atoms with Crippen LogP contribution in [0.5, 0.6) is 0 Å². The summed E-state index contributed by atoms with van der Waals surface area (Å²) in [5, 5.41) is 3.06. The number of imidazole rings is 1. The standard InChI is InChI=1S/C16H11BrFN3O/c17-11-4-2-6-13(8-11)20-16-19-9-14(21-16)15(22)10-3-1-5-12(18)7-10/h1-9H,(H2,19,20,21). The first kappa shape index (κ1) is 14.5. The highest BCUT2D eigenvalue weighted by molar-refractivity contribution is 9.10. The average Bonchev–Trinajstić information content (AvgIpc) is 2.95. The lowest BCUT2D eigenvalue weighted by molar-refractivity contribution is 0.103. The number of nitrogens with one attached hydrogen (secondary N) is 2. The molecule has 0 atom stereocenters. The van der Waals surface area contributed by atoms with E-state index in [9.17, 15) is 9.18 Å². The van der Waals surface area contributed by atoms with Gasteiger partial charge in [-0.2, -0.15) is 0 Å². The monoisotopic (exact) mass is 359 g/mol. The number of carbonyl (C=O) groups is 1. The lowest BCUT2D eigenvalue weighted by Crippen LogP contribution is -2.02. The second-order valence-corrected chi connectivity index (χ2v) is 5.54. The molecule has 0 aliphatic rings. The summed E-state index contributed by atoms with van der Waals surface area (Å²) in [5.74, 6) is -0.315. The highest BCUT2D eigenvalue weighted by Gasteiger charge is 2.13. The van der Waals surface area contributed by atoms with Crippen molar-refractivity contribution < 1.29 is 9.18 Å². The van der Waals surface area contributed by atoms with E-state index in [1.807, 2.05) is 24.3 Å². The van der Waals surface area contributed by atoms with E-state index in [1.54, 1.807) is 6.07 Å². The molecule has 4 nitrogen and oxygen atoms in total. The number of carbonyl (C=O) groups excluding carboxylic acids is 1. The lowest BCUT2D eigenvalue weighted by Gasteiger charge is -2.03. The van der Waals surface area contributed by atoms with E-state index in [-0.39, 0.29) is 11.3 Å². The zero-order valence-corrected chi connectivity index (χ0v) is 12.9. The molecule has 0 aliphatic carbocycles. The van der Waals surface area contributed by atoms with Crippen LogP contribution in [-0.4, -0.2) is 15.8 Å². The summed E-state index contributed by atoms with van der Waals surface area (Å²) in [4.78, 5) is 19.2. The van der Waals surface area contributed by atoms with Crippen molar-refractivity contribution in [3.63, 3.8) is 0 Å². The molecule has 0 fully saturated rings. The predicted octanol–water partition coefficient (Wildman–Crippen LogP) is 4.29. The Balaban J connectivity index is 1.80. The number of benzene rings is 2. The van der Waals surface area contributed by atoms with E-state index >= 15 is 0 Å². The molecule has 0 aliphatic heterocycles. The molecule has 2 N–H and O–H groups in total. The fraction of sp³-hybridized carbons (Fsp3) is 0. The van der Waals surface area contributed by atoms with Gasteiger partial charge in [0.1, 0.15) is 11.5 Å². The maximum absolute atomic E-state index is 13.2. The zero-order valence-electron chi connectivity index (χ0n) is 11.3. The summed E-state index contributed by atoms with van der Waals surface area (Å²) in [6, 6.07) is 13.1. The van der Waals surface area contributed by atoms with Crippen LogP contribution in [0, 0.1) is 5.82 Å². The maximum Gasteiger partial charge on any atom is 0.210 e. The van der Waals surface area contributed by atoms with E-state index in [4.69, 9.17) is 0 Å². The topological polar surface area (TPSA) is 57.8 Å². The largest absolute Gasteiger partial charge is 0.326 e. The molecule has 3 rings (SSSR count). The summed E-state index contributed by atoms with van der Waals surface area (Å²) in [6.45, 7) is 0. The number of hydrogen-bond donors (Lipinski definition) is 2. The van der Waals surface area contributed by atoms with Crippen molar-refractivity contribution in [2.75, 3.05) is 5.32 Å². The Morgan fingerprint density at radius 1 is 1.18 bits per heavy atom. The molecule has 6 heteroatoms. The molecule has 0 spiro atoms. The minimum absolute atomic E-state index is 0.276. The van der Waals surface area contributed by atoms with Gasteiger partial charge in [0.2, 0.25) is 11.7 Å². The molecule has 3 aromatic rings. The van der Waals surface area contributed by atoms with Gasteiger partial charge in [-0.15, -0.1) is 0 Å². The number of ketones is 1. The van der Waals surface area contributed by atoms with Gasteiger partial charge in [0.15, 0.2) is 0 Å². The van der Waals surface area contributed by atoms with Crippen molar-refractivity contribution in [3.05, 3.63) is 76.3 Å². The number of hydrogen-bond acceptors (Lipinski definition) is 3. The molecule has 0 amide bonds. The molecule has 0 saturated carbocycles. The van der Waals surface area contributed by atoms with Gasteiger partial charge in [0.25, 0.3) is 0 Å². The second kappa shape index (κ2) is 6.11. The molecular weight excluding hydrogens is 349 g/mol. The number of halogens is 2. The first-order chi connectivity index (χ1) is 10.6. The maximum atomic E-state index is 13.2. The van der Waals surface area contributed by atoms with Gasteiger partial charge in [-0.3, -0.25) is 4.79 Å². The van der Waals surface area contributed by atoms with Gasteiger partial charge in [-0.25, -0.2) is 9.37 Å². The molecule has 1 aromatic heterocycles. The predicted molar refractivity (Wildman–Crippen MR) is 85.8 cm³/mol. The number of H-pyrrole nitrogens is 1. The lowest BCUT2D eigenvalue weighted by atomic mass is 10.1. The summed E-state index contributed by atoms with van der Waals surface area (Å²) in [7, 11) is 0. The molecule has 1 heterocycles. The van der Waals surface area contributed by atoms with E-state index < -0.39 is 5.82 Å². The highest BCUT2D eigenvalue weighted by atomic mass is 79.9. The van der Waals surface area contributed by atoms with Gasteiger partial charge in [-0.1, -0.05) is 34.1 Å². The van der Waals surface area contributed by atoms with Crippen LogP contribution in [0.1, 0.15) is 16.1 Å². The van der Waals surface area contributed by atoms with Gasteiger partial charge < -0.3 is 10.3 Å². The Morgan fingerprint density at radius 2 is 2.00 bits per heavy atom. The van der Waals surface area contributed by atoms with Crippen LogP contribution in [-0.2, 0) is 0 Å². The number of aromatic nitrogens is 2. The fourth-order valence-electron chi connectivity index (χ4n) is 1.99. The number of anilines is 2. The molecule has 0 saturated heterocycles. The minimum atomic E-state index is -0.446. The first-order valence-corrected chi connectivity index (χ1v) is 7.29. The Hall–Kier alpha value is -2.47. The fourth-order valence-corrected chi connectivity index (χ4v) is 2.39. The Bertz CT molecular complexity index is 832. The summed E-state index contributed by atoms with van der Waals surface area (Å²) >= 11 is 3.38. The molecule has 22 heavy (non-hydrogen) atoms. The van der Waals surface area contributed by atoms with Crippen molar-refractivity contribution in [2.24, 2.45) is 0 Å². The summed E-state index contributed by atoms with van der Waals surface area (Å²) in [5.41, 5.74) is 1.40. The van der Waals surface area contributed by atoms with E-state index in [0.717, 1.165) is 10.2 Å². The Kier molecular flexibility index (Phi) is 4.02. The molecule has 0 unspecified atom stereocenters. The number of aromatic amines is 1. The molecule has 0 bridgehead atoms. The molecule has 110 valence electrons. The third-order valence-corrected chi connectivity index (χ3v) is 3.49. The van der Waals surface area contributed by atoms with Gasteiger partial charge in [0.05, 0.1) is 6.20 Å². The quantitative estimate of drug-likeness (QED) is 0.683. The smallest absolute Gasteiger partial charge is 0.210 e. The summed E-state index contributed by atoms with van der Waals surface area (Å²) < 4.78 is 14.1. The van der Waals surface area contributed by atoms with Crippen LogP contribution in [0.25, 0.3) is 0 Å². The van der Waals surface area contributed by atoms with Crippen LogP contribution in [0.4, 0.5) is 16.0 Å².